The van der Waals surface area contributed by atoms with Crippen molar-refractivity contribution in [2.24, 2.45) is 0 Å². The summed E-state index contributed by atoms with van der Waals surface area (Å²) in [6.45, 7) is 4.74. The number of hydrogen-bond donors (Lipinski definition) is 1. The van der Waals surface area contributed by atoms with Gasteiger partial charge >= 0.3 is 5.69 Å². The summed E-state index contributed by atoms with van der Waals surface area (Å²) in [7, 11) is 2.07. The summed E-state index contributed by atoms with van der Waals surface area (Å²) < 4.78 is 16.1. The molecular formula is C15H16ClFIN5O. The van der Waals surface area contributed by atoms with Crippen LogP contribution in [0, 0.1) is 12.7 Å². The molecule has 0 spiro atoms. The normalized spacial score (nSPS) is 20.7. The molecule has 0 bridgehead atoms. The van der Waals surface area contributed by atoms with Crippen LogP contribution in [0.5, 0.6) is 0 Å². The highest BCUT2D eigenvalue weighted by atomic mass is 127. The van der Waals surface area contributed by atoms with Crippen LogP contribution in [0.4, 0.5) is 15.9 Å². The Balaban J connectivity index is 2.11. The lowest BCUT2D eigenvalue weighted by atomic mass is 10.1. The molecule has 1 unspecified atom stereocenters. The van der Waals surface area contributed by atoms with E-state index < -0.39 is 11.5 Å². The Labute approximate surface area is 157 Å². The van der Waals surface area contributed by atoms with Gasteiger partial charge in [0.05, 0.1) is 45.0 Å². The lowest BCUT2D eigenvalue weighted by Gasteiger charge is -2.39. The van der Waals surface area contributed by atoms with Crippen molar-refractivity contribution in [1.29, 1.82) is 0 Å². The molecule has 2 aliphatic heterocycles. The van der Waals surface area contributed by atoms with Crippen molar-refractivity contribution in [3.05, 3.63) is 26.9 Å². The second kappa shape index (κ2) is 5.70. The van der Waals surface area contributed by atoms with Crippen LogP contribution in [0.1, 0.15) is 5.56 Å². The van der Waals surface area contributed by atoms with E-state index >= 15 is 0 Å². The average molecular weight is 464 g/mol. The molecule has 0 saturated carbocycles. The molecule has 1 aromatic carbocycles. The zero-order valence-corrected chi connectivity index (χ0v) is 16.2. The van der Waals surface area contributed by atoms with Crippen molar-refractivity contribution in [3.63, 3.8) is 0 Å². The second-order valence-electron chi connectivity index (χ2n) is 6.34. The summed E-state index contributed by atoms with van der Waals surface area (Å²) in [5.74, 6) is 0.0603. The highest BCUT2D eigenvalue weighted by molar-refractivity contribution is 14.1. The van der Waals surface area contributed by atoms with E-state index in [0.29, 0.717) is 34.0 Å². The van der Waals surface area contributed by atoms with Gasteiger partial charge in [-0.25, -0.2) is 12.0 Å². The standard InChI is InChI=1S/C15H16ClFIN5O/c1-7-10(16)12-9-13(11(7)17)23(18)15(24)20-14(9)22-4-3-21(2)6-8(22)5-19-12/h8,19H,3-6H2,1-2H3. The van der Waals surface area contributed by atoms with E-state index in [2.05, 4.69) is 27.1 Å². The fourth-order valence-electron chi connectivity index (χ4n) is 3.55. The first-order chi connectivity index (χ1) is 11.4. The first-order valence-corrected chi connectivity index (χ1v) is 9.04. The van der Waals surface area contributed by atoms with E-state index in [0.717, 1.165) is 19.6 Å². The third kappa shape index (κ3) is 2.22. The molecule has 1 N–H and O–H groups in total. The number of piperazine rings is 1. The lowest BCUT2D eigenvalue weighted by Crippen LogP contribution is -2.54. The van der Waals surface area contributed by atoms with E-state index in [1.54, 1.807) is 29.8 Å². The monoisotopic (exact) mass is 463 g/mol. The van der Waals surface area contributed by atoms with Gasteiger partial charge in [-0.3, -0.25) is 0 Å². The summed E-state index contributed by atoms with van der Waals surface area (Å²) in [4.78, 5) is 20.9. The molecule has 6 nitrogen and oxygen atoms in total. The zero-order valence-electron chi connectivity index (χ0n) is 13.2. The van der Waals surface area contributed by atoms with Crippen LogP contribution in [-0.4, -0.2) is 51.9 Å². The van der Waals surface area contributed by atoms with Crippen LogP contribution in [0.15, 0.2) is 4.79 Å². The fourth-order valence-corrected chi connectivity index (χ4v) is 4.35. The molecule has 9 heteroatoms. The highest BCUT2D eigenvalue weighted by Gasteiger charge is 2.34. The van der Waals surface area contributed by atoms with Gasteiger partial charge in [-0.05, 0) is 14.0 Å². The summed E-state index contributed by atoms with van der Waals surface area (Å²) >= 11 is 8.22. The Morgan fingerprint density at radius 3 is 2.92 bits per heavy atom. The molecular weight excluding hydrogens is 448 g/mol. The third-order valence-corrected chi connectivity index (χ3v) is 6.20. The van der Waals surface area contributed by atoms with Gasteiger partial charge in [-0.2, -0.15) is 4.98 Å². The Morgan fingerprint density at radius 2 is 2.17 bits per heavy atom. The molecule has 128 valence electrons. The summed E-state index contributed by atoms with van der Waals surface area (Å²) in [6, 6.07) is 0.149. The minimum Gasteiger partial charge on any atom is -0.381 e. The number of anilines is 2. The van der Waals surface area contributed by atoms with Crippen molar-refractivity contribution in [2.45, 2.75) is 13.0 Å². The van der Waals surface area contributed by atoms with Gasteiger partial charge in [0, 0.05) is 31.7 Å². The largest absolute Gasteiger partial charge is 0.381 e. The third-order valence-electron chi connectivity index (χ3n) is 4.83. The van der Waals surface area contributed by atoms with E-state index in [1.807, 2.05) is 0 Å². The van der Waals surface area contributed by atoms with Crippen LogP contribution in [0.2, 0.25) is 5.02 Å². The van der Waals surface area contributed by atoms with Crippen LogP contribution in [0.3, 0.4) is 0 Å². The number of rotatable bonds is 0. The lowest BCUT2D eigenvalue weighted by molar-refractivity contribution is 0.272. The van der Waals surface area contributed by atoms with Gasteiger partial charge < -0.3 is 15.1 Å². The molecule has 1 atom stereocenters. The van der Waals surface area contributed by atoms with Gasteiger partial charge in [-0.15, -0.1) is 0 Å². The molecule has 3 heterocycles. The SMILES string of the molecule is Cc1c(Cl)c2c3c(nc(=O)n(I)c3c1F)N1CCN(C)CC1CN2. The van der Waals surface area contributed by atoms with Gasteiger partial charge in [0.2, 0.25) is 0 Å². The molecule has 0 radical (unpaired) electrons. The number of hydrogen-bond acceptors (Lipinski definition) is 5. The minimum absolute atomic E-state index is 0.149. The molecule has 2 aliphatic rings. The van der Waals surface area contributed by atoms with Crippen molar-refractivity contribution < 1.29 is 4.39 Å². The van der Waals surface area contributed by atoms with Gasteiger partial charge in [0.15, 0.2) is 5.82 Å². The Kier molecular flexibility index (Phi) is 3.88. The molecule has 4 rings (SSSR count). The summed E-state index contributed by atoms with van der Waals surface area (Å²) in [5, 5.41) is 4.31. The Hall–Kier alpha value is -1.13. The molecule has 2 aromatic rings. The van der Waals surface area contributed by atoms with E-state index in [-0.39, 0.29) is 11.6 Å². The highest BCUT2D eigenvalue weighted by Crippen LogP contribution is 2.42. The number of benzene rings is 1. The van der Waals surface area contributed by atoms with Crippen LogP contribution < -0.4 is 15.9 Å². The van der Waals surface area contributed by atoms with Gasteiger partial charge in [0.25, 0.3) is 0 Å². The minimum atomic E-state index is -0.469. The van der Waals surface area contributed by atoms with Crippen LogP contribution >= 0.6 is 34.5 Å². The first-order valence-electron chi connectivity index (χ1n) is 7.69. The molecule has 1 saturated heterocycles. The topological polar surface area (TPSA) is 53.4 Å². The van der Waals surface area contributed by atoms with Gasteiger partial charge in [-0.1, -0.05) is 11.6 Å². The first kappa shape index (κ1) is 16.3. The maximum Gasteiger partial charge on any atom is 0.359 e. The molecule has 1 fully saturated rings. The summed E-state index contributed by atoms with van der Waals surface area (Å²) in [6.07, 6.45) is 0. The Morgan fingerprint density at radius 1 is 1.42 bits per heavy atom. The van der Waals surface area contributed by atoms with E-state index in [1.165, 1.54) is 2.78 Å². The van der Waals surface area contributed by atoms with E-state index in [4.69, 9.17) is 11.6 Å². The number of likely N-dealkylation sites (N-methyl/N-ethyl adjacent to an activating group) is 1. The molecule has 1 aromatic heterocycles. The number of nitrogens with zero attached hydrogens (tertiary/aromatic N) is 4. The molecule has 0 amide bonds. The molecule has 24 heavy (non-hydrogen) atoms. The number of nitrogens with one attached hydrogen (secondary N) is 1. The van der Waals surface area contributed by atoms with Gasteiger partial charge in [0.1, 0.15) is 11.3 Å². The predicted molar refractivity (Wildman–Crippen MR) is 102 cm³/mol. The maximum absolute atomic E-state index is 14.9. The van der Waals surface area contributed by atoms with Crippen LogP contribution in [-0.2, 0) is 0 Å². The summed E-state index contributed by atoms with van der Waals surface area (Å²) in [5.41, 5.74) is 0.778. The average Bonchev–Trinajstić information content (AvgIpc) is 2.70. The molecule has 0 aliphatic carbocycles. The number of fused-ring (bicyclic) bond motifs is 2. The quantitative estimate of drug-likeness (QED) is 0.608. The fraction of sp³-hybridized carbons (Fsp3) is 0.467. The maximum atomic E-state index is 14.9. The smallest absolute Gasteiger partial charge is 0.359 e. The van der Waals surface area contributed by atoms with Crippen LogP contribution in [0.25, 0.3) is 10.9 Å². The van der Waals surface area contributed by atoms with Crippen molar-refractivity contribution >= 4 is 56.9 Å². The van der Waals surface area contributed by atoms with Crippen molar-refractivity contribution in [1.82, 2.24) is 12.7 Å². The zero-order chi connectivity index (χ0) is 17.2. The predicted octanol–water partition coefficient (Wildman–Crippen LogP) is 2.24. The Bertz CT molecular complexity index is 917. The van der Waals surface area contributed by atoms with Crippen molar-refractivity contribution in [2.75, 3.05) is 43.4 Å². The number of halogens is 3. The van der Waals surface area contributed by atoms with E-state index in [9.17, 15) is 9.18 Å². The number of aromatic nitrogens is 2. The second-order valence-corrected chi connectivity index (χ2v) is 7.68. The van der Waals surface area contributed by atoms with Crippen molar-refractivity contribution in [3.8, 4) is 0 Å².